The van der Waals surface area contributed by atoms with Crippen LogP contribution in [0.3, 0.4) is 0 Å². The van der Waals surface area contributed by atoms with Crippen LogP contribution in [0.4, 0.5) is 0 Å². The zero-order valence-electron chi connectivity index (χ0n) is 4.09. The summed E-state index contributed by atoms with van der Waals surface area (Å²) in [7, 11) is 1.79. The first kappa shape index (κ1) is 6.21. The molecule has 0 aromatic carbocycles. The first-order chi connectivity index (χ1) is 3.43. The molecule has 0 aromatic rings. The molecule has 0 aromatic heterocycles. The highest BCUT2D eigenvalue weighted by molar-refractivity contribution is 8.88. The van der Waals surface area contributed by atoms with Crippen molar-refractivity contribution in [3.8, 4) is 0 Å². The van der Waals surface area contributed by atoms with Gasteiger partial charge in [0.2, 0.25) is 0 Å². The lowest BCUT2D eigenvalue weighted by atomic mass is 11.0. The van der Waals surface area contributed by atoms with E-state index >= 15 is 0 Å². The first-order valence-corrected chi connectivity index (χ1v) is 6.47. The molecule has 1 heterocycles. The van der Waals surface area contributed by atoms with Crippen LogP contribution in [0.5, 0.6) is 0 Å². The molecular formula is C3H7OPS2. The van der Waals surface area contributed by atoms with Gasteiger partial charge >= 0.3 is 0 Å². The van der Waals surface area contributed by atoms with Crippen molar-refractivity contribution in [1.29, 1.82) is 0 Å². The Hall–Kier alpha value is 1.09. The quantitative estimate of drug-likeness (QED) is 0.536. The van der Waals surface area contributed by atoms with Gasteiger partial charge in [-0.05, 0) is 0 Å². The molecule has 42 valence electrons. The highest BCUT2D eigenvalue weighted by Crippen LogP contribution is 2.65. The van der Waals surface area contributed by atoms with Crippen LogP contribution in [0.25, 0.3) is 0 Å². The monoisotopic (exact) mass is 154 g/mol. The van der Waals surface area contributed by atoms with Crippen LogP contribution >= 0.6 is 29.3 Å². The molecule has 0 amide bonds. The standard InChI is InChI=1S/C3H7OPS2/c1-4-5-6-2-3-7-5/h2-3H2,1H3. The van der Waals surface area contributed by atoms with Gasteiger partial charge in [-0.1, -0.05) is 22.8 Å². The third kappa shape index (κ3) is 1.80. The van der Waals surface area contributed by atoms with Gasteiger partial charge in [0.25, 0.3) is 0 Å². The molecule has 4 heteroatoms. The molecular weight excluding hydrogens is 147 g/mol. The van der Waals surface area contributed by atoms with Crippen molar-refractivity contribution in [2.24, 2.45) is 0 Å². The van der Waals surface area contributed by atoms with E-state index in [1.54, 1.807) is 7.11 Å². The zero-order chi connectivity index (χ0) is 5.11. The molecule has 1 aliphatic heterocycles. The average molecular weight is 154 g/mol. The lowest BCUT2D eigenvalue weighted by Gasteiger charge is -1.99. The van der Waals surface area contributed by atoms with Crippen LogP contribution < -0.4 is 0 Å². The van der Waals surface area contributed by atoms with Crippen LogP contribution in [0.2, 0.25) is 0 Å². The maximum Gasteiger partial charge on any atom is 0.151 e. The van der Waals surface area contributed by atoms with Gasteiger partial charge in [0.1, 0.15) is 0 Å². The Labute approximate surface area is 52.9 Å². The van der Waals surface area contributed by atoms with Crippen molar-refractivity contribution in [1.82, 2.24) is 0 Å². The van der Waals surface area contributed by atoms with Crippen LogP contribution in [0.15, 0.2) is 0 Å². The Morgan fingerprint density at radius 1 is 1.43 bits per heavy atom. The normalized spacial score (nSPS) is 23.6. The average Bonchev–Trinajstić information content (AvgIpc) is 2.14. The maximum absolute atomic E-state index is 5.10. The molecule has 0 saturated carbocycles. The molecule has 0 atom stereocenters. The van der Waals surface area contributed by atoms with Crippen molar-refractivity contribution in [2.75, 3.05) is 18.6 Å². The summed E-state index contributed by atoms with van der Waals surface area (Å²) in [6.07, 6.45) is 0. The van der Waals surface area contributed by atoms with Crippen molar-refractivity contribution in [3.05, 3.63) is 0 Å². The van der Waals surface area contributed by atoms with E-state index in [0.717, 1.165) is 0 Å². The SMILES string of the molecule is COP1SCCS1. The summed E-state index contributed by atoms with van der Waals surface area (Å²) in [4.78, 5) is 0. The van der Waals surface area contributed by atoms with Gasteiger partial charge < -0.3 is 4.52 Å². The Bertz CT molecular complexity index is 54.9. The predicted octanol–water partition coefficient (Wildman–Crippen LogP) is 2.34. The Balaban J connectivity index is 2.14. The summed E-state index contributed by atoms with van der Waals surface area (Å²) in [6.45, 7) is -0.110. The predicted molar refractivity (Wildman–Crippen MR) is 38.8 cm³/mol. The topological polar surface area (TPSA) is 9.23 Å². The van der Waals surface area contributed by atoms with E-state index in [4.69, 9.17) is 4.52 Å². The van der Waals surface area contributed by atoms with Gasteiger partial charge in [-0.2, -0.15) is 0 Å². The van der Waals surface area contributed by atoms with E-state index in [1.165, 1.54) is 11.5 Å². The Morgan fingerprint density at radius 3 is 2.29 bits per heavy atom. The largest absolute Gasteiger partial charge is 0.342 e. The molecule has 1 saturated heterocycles. The third-order valence-corrected chi connectivity index (χ3v) is 7.53. The number of hydrogen-bond acceptors (Lipinski definition) is 3. The Kier molecular flexibility index (Phi) is 2.82. The van der Waals surface area contributed by atoms with Gasteiger partial charge in [-0.3, -0.25) is 0 Å². The lowest BCUT2D eigenvalue weighted by molar-refractivity contribution is 0.482. The van der Waals surface area contributed by atoms with E-state index in [0.29, 0.717) is 0 Å². The highest BCUT2D eigenvalue weighted by Gasteiger charge is 2.14. The second-order valence-corrected chi connectivity index (χ2v) is 7.45. The van der Waals surface area contributed by atoms with E-state index in [2.05, 4.69) is 0 Å². The fourth-order valence-corrected chi connectivity index (χ4v) is 6.65. The summed E-state index contributed by atoms with van der Waals surface area (Å²) < 4.78 is 5.10. The zero-order valence-corrected chi connectivity index (χ0v) is 6.61. The van der Waals surface area contributed by atoms with Gasteiger partial charge in [0.15, 0.2) is 6.55 Å². The van der Waals surface area contributed by atoms with Gasteiger partial charge in [-0.25, -0.2) is 0 Å². The second-order valence-electron chi connectivity index (χ2n) is 1.07. The summed E-state index contributed by atoms with van der Waals surface area (Å²) in [6, 6.07) is 0. The fraction of sp³-hybridized carbons (Fsp3) is 1.00. The molecule has 0 aliphatic carbocycles. The molecule has 1 rings (SSSR count). The van der Waals surface area contributed by atoms with E-state index in [9.17, 15) is 0 Å². The molecule has 0 N–H and O–H groups in total. The molecule has 0 unspecified atom stereocenters. The first-order valence-electron chi connectivity index (χ1n) is 2.03. The van der Waals surface area contributed by atoms with Crippen molar-refractivity contribution in [2.45, 2.75) is 0 Å². The van der Waals surface area contributed by atoms with Crippen LogP contribution in [0, 0.1) is 0 Å². The smallest absolute Gasteiger partial charge is 0.151 e. The molecule has 7 heavy (non-hydrogen) atoms. The lowest BCUT2D eigenvalue weighted by Crippen LogP contribution is -1.64. The summed E-state index contributed by atoms with van der Waals surface area (Å²) in [5, 5.41) is 0. The van der Waals surface area contributed by atoms with Crippen LogP contribution in [-0.4, -0.2) is 18.6 Å². The van der Waals surface area contributed by atoms with E-state index in [1.807, 2.05) is 22.8 Å². The fourth-order valence-electron chi connectivity index (χ4n) is 0.366. The Morgan fingerprint density at radius 2 is 2.00 bits per heavy atom. The van der Waals surface area contributed by atoms with Crippen LogP contribution in [-0.2, 0) is 4.52 Å². The minimum absolute atomic E-state index is 0.110. The van der Waals surface area contributed by atoms with Gasteiger partial charge in [0.05, 0.1) is 0 Å². The summed E-state index contributed by atoms with van der Waals surface area (Å²) in [5.41, 5.74) is 0. The maximum atomic E-state index is 5.10. The highest BCUT2D eigenvalue weighted by atomic mass is 33.1. The van der Waals surface area contributed by atoms with Gasteiger partial charge in [0, 0.05) is 18.6 Å². The van der Waals surface area contributed by atoms with Crippen molar-refractivity contribution >= 4 is 29.3 Å². The molecule has 1 nitrogen and oxygen atoms in total. The second kappa shape index (κ2) is 3.18. The summed E-state index contributed by atoms with van der Waals surface area (Å²) in [5.74, 6) is 2.56. The summed E-state index contributed by atoms with van der Waals surface area (Å²) >= 11 is 3.90. The molecule has 0 radical (unpaired) electrons. The van der Waals surface area contributed by atoms with E-state index in [-0.39, 0.29) is 6.55 Å². The minimum atomic E-state index is -0.110. The van der Waals surface area contributed by atoms with Crippen molar-refractivity contribution < 1.29 is 4.52 Å². The van der Waals surface area contributed by atoms with Gasteiger partial charge in [-0.15, -0.1) is 0 Å². The molecule has 0 bridgehead atoms. The molecule has 1 fully saturated rings. The van der Waals surface area contributed by atoms with Crippen LogP contribution in [0.1, 0.15) is 0 Å². The molecule has 1 aliphatic rings. The molecule has 0 spiro atoms. The number of hydrogen-bond donors (Lipinski definition) is 0. The van der Waals surface area contributed by atoms with E-state index < -0.39 is 0 Å². The minimum Gasteiger partial charge on any atom is -0.342 e. The van der Waals surface area contributed by atoms with Crippen molar-refractivity contribution in [3.63, 3.8) is 0 Å². The third-order valence-electron chi connectivity index (χ3n) is 0.626. The number of rotatable bonds is 1.